The largest absolute Gasteiger partial charge is 0.494 e. The molecule has 2 rings (SSSR count). The fourth-order valence-corrected chi connectivity index (χ4v) is 1.45. The molecule has 0 unspecified atom stereocenters. The molecule has 3 N–H and O–H groups in total. The third-order valence-corrected chi connectivity index (χ3v) is 2.15. The van der Waals surface area contributed by atoms with Gasteiger partial charge in [-0.3, -0.25) is 14.8 Å². The van der Waals surface area contributed by atoms with Crippen LogP contribution in [0.5, 0.6) is 5.88 Å². The van der Waals surface area contributed by atoms with Gasteiger partial charge < -0.3 is 9.52 Å². The van der Waals surface area contributed by atoms with Crippen molar-refractivity contribution >= 4 is 15.9 Å². The van der Waals surface area contributed by atoms with E-state index in [2.05, 4.69) is 20.9 Å². The Kier molecular flexibility index (Phi) is 2.24. The average molecular weight is 273 g/mol. The summed E-state index contributed by atoms with van der Waals surface area (Å²) in [5.41, 5.74) is -1.59. The van der Waals surface area contributed by atoms with Gasteiger partial charge in [0.1, 0.15) is 17.6 Å². The van der Waals surface area contributed by atoms with Gasteiger partial charge in [0.05, 0.1) is 4.47 Å². The van der Waals surface area contributed by atoms with Crippen molar-refractivity contribution in [1.29, 1.82) is 0 Å². The molecule has 0 bridgehead atoms. The molecule has 0 aromatic carbocycles. The van der Waals surface area contributed by atoms with Gasteiger partial charge in [-0.15, -0.1) is 0 Å². The zero-order chi connectivity index (χ0) is 11.0. The molecule has 0 spiro atoms. The molecule has 0 amide bonds. The van der Waals surface area contributed by atoms with Gasteiger partial charge in [0.25, 0.3) is 5.56 Å². The molecule has 2 aromatic heterocycles. The number of aromatic nitrogens is 2. The predicted octanol–water partition coefficient (Wildman–Crippen LogP) is 0.791. The molecule has 2 heterocycles. The van der Waals surface area contributed by atoms with Gasteiger partial charge in [-0.25, -0.2) is 4.79 Å². The molecule has 0 aliphatic carbocycles. The van der Waals surface area contributed by atoms with Crippen LogP contribution in [0.15, 0.2) is 30.8 Å². The Morgan fingerprint density at radius 1 is 1.33 bits per heavy atom. The van der Waals surface area contributed by atoms with E-state index in [9.17, 15) is 14.7 Å². The third-order valence-electron chi connectivity index (χ3n) is 1.74. The van der Waals surface area contributed by atoms with E-state index in [0.29, 0.717) is 4.47 Å². The molecule has 15 heavy (non-hydrogen) atoms. The van der Waals surface area contributed by atoms with Crippen molar-refractivity contribution in [2.45, 2.75) is 0 Å². The van der Waals surface area contributed by atoms with Crippen LogP contribution in [0.2, 0.25) is 0 Å². The first-order valence-corrected chi connectivity index (χ1v) is 4.67. The standard InChI is InChI=1S/C8H5BrN2O4/c9-3-1-4(15-2-3)5-6(12)10-8(14)11-7(5)13/h1-2H,(H3,10,11,12,13,14). The molecule has 7 heteroatoms. The minimum Gasteiger partial charge on any atom is -0.494 e. The quantitative estimate of drug-likeness (QED) is 0.715. The molecule has 0 saturated carbocycles. The van der Waals surface area contributed by atoms with Gasteiger partial charge >= 0.3 is 5.69 Å². The lowest BCUT2D eigenvalue weighted by atomic mass is 10.2. The second-order valence-electron chi connectivity index (χ2n) is 2.76. The highest BCUT2D eigenvalue weighted by Crippen LogP contribution is 2.26. The van der Waals surface area contributed by atoms with Crippen molar-refractivity contribution in [2.24, 2.45) is 0 Å². The summed E-state index contributed by atoms with van der Waals surface area (Å²) >= 11 is 3.13. The first-order chi connectivity index (χ1) is 7.08. The summed E-state index contributed by atoms with van der Waals surface area (Å²) in [4.78, 5) is 26.2. The maximum absolute atomic E-state index is 11.4. The summed E-state index contributed by atoms with van der Waals surface area (Å²) in [6, 6.07) is 1.50. The Balaban J connectivity index is 2.73. The highest BCUT2D eigenvalue weighted by molar-refractivity contribution is 9.10. The summed E-state index contributed by atoms with van der Waals surface area (Å²) < 4.78 is 5.63. The van der Waals surface area contributed by atoms with Crippen LogP contribution < -0.4 is 11.2 Å². The predicted molar refractivity (Wildman–Crippen MR) is 54.8 cm³/mol. The normalized spacial score (nSPS) is 10.5. The number of nitrogens with one attached hydrogen (secondary N) is 2. The van der Waals surface area contributed by atoms with Crippen LogP contribution >= 0.6 is 15.9 Å². The lowest BCUT2D eigenvalue weighted by Gasteiger charge is -1.97. The fraction of sp³-hybridized carbons (Fsp3) is 0. The Bertz CT molecular complexity index is 610. The van der Waals surface area contributed by atoms with Gasteiger partial charge in [-0.05, 0) is 22.0 Å². The monoisotopic (exact) mass is 272 g/mol. The van der Waals surface area contributed by atoms with Crippen molar-refractivity contribution in [3.8, 4) is 17.2 Å². The van der Waals surface area contributed by atoms with E-state index in [4.69, 9.17) is 4.42 Å². The van der Waals surface area contributed by atoms with E-state index in [-0.39, 0.29) is 11.3 Å². The van der Waals surface area contributed by atoms with Crippen LogP contribution in [0.1, 0.15) is 0 Å². The van der Waals surface area contributed by atoms with Gasteiger partial charge in [0.2, 0.25) is 5.88 Å². The molecular weight excluding hydrogens is 268 g/mol. The molecule has 78 valence electrons. The smallest absolute Gasteiger partial charge is 0.328 e. The number of H-pyrrole nitrogens is 2. The van der Waals surface area contributed by atoms with E-state index in [0.717, 1.165) is 0 Å². The third kappa shape index (κ3) is 1.73. The zero-order valence-electron chi connectivity index (χ0n) is 7.20. The minimum atomic E-state index is -0.771. The Hall–Kier alpha value is -1.76. The second kappa shape index (κ2) is 3.43. The first-order valence-electron chi connectivity index (χ1n) is 3.88. The molecule has 6 nitrogen and oxygen atoms in total. The van der Waals surface area contributed by atoms with Crippen molar-refractivity contribution in [1.82, 2.24) is 9.97 Å². The summed E-state index contributed by atoms with van der Waals surface area (Å²) in [7, 11) is 0. The molecule has 0 radical (unpaired) electrons. The summed E-state index contributed by atoms with van der Waals surface area (Å²) in [5, 5.41) is 9.38. The van der Waals surface area contributed by atoms with Crippen LogP contribution in [0, 0.1) is 0 Å². The highest BCUT2D eigenvalue weighted by Gasteiger charge is 2.14. The number of hydrogen-bond acceptors (Lipinski definition) is 4. The highest BCUT2D eigenvalue weighted by atomic mass is 79.9. The van der Waals surface area contributed by atoms with Crippen LogP contribution in [0.3, 0.4) is 0 Å². The number of aromatic amines is 2. The molecule has 2 aromatic rings. The van der Waals surface area contributed by atoms with E-state index in [1.807, 2.05) is 4.98 Å². The van der Waals surface area contributed by atoms with E-state index in [1.165, 1.54) is 12.3 Å². The minimum absolute atomic E-state index is 0.111. The van der Waals surface area contributed by atoms with Crippen molar-refractivity contribution in [3.05, 3.63) is 37.6 Å². The van der Waals surface area contributed by atoms with Gasteiger partial charge in [0.15, 0.2) is 0 Å². The molecule has 0 aliphatic heterocycles. The number of halogens is 1. The van der Waals surface area contributed by atoms with Crippen molar-refractivity contribution in [3.63, 3.8) is 0 Å². The maximum atomic E-state index is 11.4. The van der Waals surface area contributed by atoms with E-state index >= 15 is 0 Å². The number of furan rings is 1. The van der Waals surface area contributed by atoms with Crippen LogP contribution in [0.4, 0.5) is 0 Å². The Labute approximate surface area is 90.7 Å². The SMILES string of the molecule is O=c1[nH]c(O)c(-c2cc(Br)co2)c(=O)[nH]1. The van der Waals surface area contributed by atoms with E-state index in [1.54, 1.807) is 0 Å². The summed E-state index contributed by atoms with van der Waals surface area (Å²) in [5.74, 6) is -0.359. The van der Waals surface area contributed by atoms with Crippen LogP contribution in [-0.2, 0) is 0 Å². The zero-order valence-corrected chi connectivity index (χ0v) is 8.79. The Morgan fingerprint density at radius 3 is 2.60 bits per heavy atom. The molecule has 0 saturated heterocycles. The number of rotatable bonds is 1. The Morgan fingerprint density at radius 2 is 2.07 bits per heavy atom. The maximum Gasteiger partial charge on any atom is 0.328 e. The topological polar surface area (TPSA) is 99.1 Å². The molecule has 0 atom stereocenters. The first kappa shape index (κ1) is 9.78. The number of hydrogen-bond donors (Lipinski definition) is 3. The van der Waals surface area contributed by atoms with Gasteiger partial charge in [-0.2, -0.15) is 0 Å². The van der Waals surface area contributed by atoms with E-state index < -0.39 is 17.1 Å². The van der Waals surface area contributed by atoms with Crippen molar-refractivity contribution < 1.29 is 9.52 Å². The lowest BCUT2D eigenvalue weighted by molar-refractivity contribution is 0.447. The summed E-state index contributed by atoms with van der Waals surface area (Å²) in [6.07, 6.45) is 1.36. The van der Waals surface area contributed by atoms with Crippen LogP contribution in [0.25, 0.3) is 11.3 Å². The van der Waals surface area contributed by atoms with Gasteiger partial charge in [0, 0.05) is 0 Å². The molecule has 0 fully saturated rings. The number of aromatic hydroxyl groups is 1. The summed E-state index contributed by atoms with van der Waals surface area (Å²) in [6.45, 7) is 0. The second-order valence-corrected chi connectivity index (χ2v) is 3.68. The average Bonchev–Trinajstić information content (AvgIpc) is 2.49. The van der Waals surface area contributed by atoms with Crippen molar-refractivity contribution in [2.75, 3.05) is 0 Å². The fourth-order valence-electron chi connectivity index (χ4n) is 1.15. The van der Waals surface area contributed by atoms with Crippen LogP contribution in [-0.4, -0.2) is 15.1 Å². The van der Waals surface area contributed by atoms with Gasteiger partial charge in [-0.1, -0.05) is 0 Å². The lowest BCUT2D eigenvalue weighted by Crippen LogP contribution is -2.22. The molecular formula is C8H5BrN2O4. The molecule has 0 aliphatic rings.